The van der Waals surface area contributed by atoms with Gasteiger partial charge in [0.1, 0.15) is 5.75 Å². The Balaban J connectivity index is 1.73. The zero-order chi connectivity index (χ0) is 16.4. The van der Waals surface area contributed by atoms with Crippen LogP contribution in [0.2, 0.25) is 0 Å². The van der Waals surface area contributed by atoms with Crippen molar-refractivity contribution in [2.45, 2.75) is 6.42 Å². The van der Waals surface area contributed by atoms with E-state index >= 15 is 0 Å². The lowest BCUT2D eigenvalue weighted by atomic mass is 10.1. The van der Waals surface area contributed by atoms with Crippen molar-refractivity contribution in [2.24, 2.45) is 13.0 Å². The molecular weight excluding hydrogens is 296 g/mol. The summed E-state index contributed by atoms with van der Waals surface area (Å²) in [5.74, 6) is -0.0358. The number of aryl methyl sites for hydroxylation is 1. The lowest BCUT2D eigenvalue weighted by Gasteiger charge is -2.19. The molecule has 2 aromatic rings. The summed E-state index contributed by atoms with van der Waals surface area (Å²) >= 11 is 0. The van der Waals surface area contributed by atoms with Gasteiger partial charge in [-0.05, 0) is 12.1 Å². The molecule has 1 aliphatic heterocycles. The minimum atomic E-state index is -0.396. The van der Waals surface area contributed by atoms with E-state index in [-0.39, 0.29) is 18.2 Å². The van der Waals surface area contributed by atoms with Crippen molar-refractivity contribution in [3.8, 4) is 5.75 Å². The van der Waals surface area contributed by atoms with E-state index in [0.29, 0.717) is 23.7 Å². The van der Waals surface area contributed by atoms with Gasteiger partial charge in [0.05, 0.1) is 30.6 Å². The second-order valence-electron chi connectivity index (χ2n) is 5.47. The van der Waals surface area contributed by atoms with Gasteiger partial charge in [-0.3, -0.25) is 14.3 Å². The highest BCUT2D eigenvalue weighted by atomic mass is 16.5. The highest BCUT2D eigenvalue weighted by Gasteiger charge is 2.36. The predicted molar refractivity (Wildman–Crippen MR) is 85.3 cm³/mol. The van der Waals surface area contributed by atoms with Crippen LogP contribution < -0.4 is 15.0 Å². The number of anilines is 2. The Morgan fingerprint density at radius 1 is 1.39 bits per heavy atom. The van der Waals surface area contributed by atoms with Gasteiger partial charge >= 0.3 is 0 Å². The third-order valence-corrected chi connectivity index (χ3v) is 3.84. The van der Waals surface area contributed by atoms with Crippen LogP contribution in [0.4, 0.5) is 11.4 Å². The summed E-state index contributed by atoms with van der Waals surface area (Å²) in [4.78, 5) is 26.2. The second-order valence-corrected chi connectivity index (χ2v) is 5.47. The Kier molecular flexibility index (Phi) is 4.01. The lowest BCUT2D eigenvalue weighted by molar-refractivity contribution is -0.122. The monoisotopic (exact) mass is 314 g/mol. The van der Waals surface area contributed by atoms with Crippen LogP contribution in [-0.2, 0) is 16.6 Å². The number of para-hydroxylation sites is 2. The largest absolute Gasteiger partial charge is 0.495 e. The van der Waals surface area contributed by atoms with E-state index in [1.54, 1.807) is 42.2 Å². The van der Waals surface area contributed by atoms with E-state index in [2.05, 4.69) is 10.4 Å². The molecule has 0 saturated carbocycles. The number of nitrogens with one attached hydrogen (secondary N) is 1. The molecule has 0 unspecified atom stereocenters. The maximum atomic E-state index is 12.3. The SMILES string of the molecule is COc1ccccc1N1C[C@H](C(=O)Nc2cnn(C)c2)CC1=O. The molecule has 120 valence electrons. The lowest BCUT2D eigenvalue weighted by Crippen LogP contribution is -2.28. The smallest absolute Gasteiger partial charge is 0.229 e. The Bertz CT molecular complexity index is 740. The zero-order valence-electron chi connectivity index (χ0n) is 13.0. The fourth-order valence-corrected chi connectivity index (χ4v) is 2.70. The summed E-state index contributed by atoms with van der Waals surface area (Å²) in [6.07, 6.45) is 3.48. The van der Waals surface area contributed by atoms with Gasteiger partial charge in [0.2, 0.25) is 11.8 Å². The molecule has 0 radical (unpaired) electrons. The third kappa shape index (κ3) is 3.03. The number of rotatable bonds is 4. The maximum Gasteiger partial charge on any atom is 0.229 e. The van der Waals surface area contributed by atoms with E-state index in [0.717, 1.165) is 0 Å². The van der Waals surface area contributed by atoms with Gasteiger partial charge in [-0.15, -0.1) is 0 Å². The van der Waals surface area contributed by atoms with Crippen molar-refractivity contribution in [3.05, 3.63) is 36.7 Å². The highest BCUT2D eigenvalue weighted by molar-refractivity contribution is 6.04. The van der Waals surface area contributed by atoms with Gasteiger partial charge in [-0.2, -0.15) is 5.10 Å². The number of aromatic nitrogens is 2. The molecule has 1 saturated heterocycles. The molecule has 23 heavy (non-hydrogen) atoms. The van der Waals surface area contributed by atoms with Crippen LogP contribution >= 0.6 is 0 Å². The second kappa shape index (κ2) is 6.12. The number of nitrogens with zero attached hydrogens (tertiary/aromatic N) is 3. The van der Waals surface area contributed by atoms with E-state index in [4.69, 9.17) is 4.74 Å². The fourth-order valence-electron chi connectivity index (χ4n) is 2.70. The molecule has 1 atom stereocenters. The number of carbonyl (C=O) groups excluding carboxylic acids is 2. The Morgan fingerprint density at radius 2 is 2.17 bits per heavy atom. The summed E-state index contributed by atoms with van der Waals surface area (Å²) in [5.41, 5.74) is 1.32. The van der Waals surface area contributed by atoms with Crippen molar-refractivity contribution < 1.29 is 14.3 Å². The number of benzene rings is 1. The number of amides is 2. The molecule has 2 heterocycles. The quantitative estimate of drug-likeness (QED) is 0.926. The summed E-state index contributed by atoms with van der Waals surface area (Å²) < 4.78 is 6.90. The molecule has 7 heteroatoms. The minimum Gasteiger partial charge on any atom is -0.495 e. The highest BCUT2D eigenvalue weighted by Crippen LogP contribution is 2.33. The van der Waals surface area contributed by atoms with Crippen LogP contribution in [0.5, 0.6) is 5.75 Å². The Labute approximate surface area is 133 Å². The standard InChI is InChI=1S/C16H18N4O3/c1-19-10-12(8-17-19)18-16(22)11-7-15(21)20(9-11)13-5-3-4-6-14(13)23-2/h3-6,8,10-11H,7,9H2,1-2H3,(H,18,22)/t11-/m1/s1. The molecule has 1 aliphatic rings. The van der Waals surface area contributed by atoms with E-state index < -0.39 is 5.92 Å². The van der Waals surface area contributed by atoms with E-state index in [9.17, 15) is 9.59 Å². The first-order chi connectivity index (χ1) is 11.1. The van der Waals surface area contributed by atoms with Gasteiger partial charge in [-0.25, -0.2) is 0 Å². The summed E-state index contributed by atoms with van der Waals surface area (Å²) in [6.45, 7) is 0.339. The normalized spacial score (nSPS) is 17.4. The van der Waals surface area contributed by atoms with Crippen molar-refractivity contribution in [2.75, 3.05) is 23.9 Å². The van der Waals surface area contributed by atoms with Crippen LogP contribution in [0.1, 0.15) is 6.42 Å². The predicted octanol–water partition coefficient (Wildman–Crippen LogP) is 1.42. The molecule has 0 spiro atoms. The van der Waals surface area contributed by atoms with Gasteiger partial charge in [0, 0.05) is 26.2 Å². The van der Waals surface area contributed by atoms with Crippen LogP contribution in [0.15, 0.2) is 36.7 Å². The van der Waals surface area contributed by atoms with Crippen LogP contribution in [-0.4, -0.2) is 35.2 Å². The molecule has 0 aliphatic carbocycles. The summed E-state index contributed by atoms with van der Waals surface area (Å²) in [6, 6.07) is 7.30. The number of methoxy groups -OCH3 is 1. The first-order valence-corrected chi connectivity index (χ1v) is 7.31. The maximum absolute atomic E-state index is 12.3. The van der Waals surface area contributed by atoms with Crippen molar-refractivity contribution in [1.29, 1.82) is 0 Å². The number of hydrogen-bond donors (Lipinski definition) is 1. The van der Waals surface area contributed by atoms with Crippen molar-refractivity contribution in [1.82, 2.24) is 9.78 Å². The van der Waals surface area contributed by atoms with Gasteiger partial charge in [0.15, 0.2) is 0 Å². The zero-order valence-corrected chi connectivity index (χ0v) is 13.0. The van der Waals surface area contributed by atoms with Gasteiger partial charge in [0.25, 0.3) is 0 Å². The number of hydrogen-bond acceptors (Lipinski definition) is 4. The minimum absolute atomic E-state index is 0.0826. The molecular formula is C16H18N4O3. The first-order valence-electron chi connectivity index (χ1n) is 7.31. The van der Waals surface area contributed by atoms with Crippen LogP contribution in [0.3, 0.4) is 0 Å². The Morgan fingerprint density at radius 3 is 2.87 bits per heavy atom. The molecule has 2 amide bonds. The average Bonchev–Trinajstić information content (AvgIpc) is 3.13. The molecule has 1 N–H and O–H groups in total. The Hall–Kier alpha value is -2.83. The van der Waals surface area contributed by atoms with Crippen LogP contribution in [0.25, 0.3) is 0 Å². The molecule has 0 bridgehead atoms. The average molecular weight is 314 g/mol. The fraction of sp³-hybridized carbons (Fsp3) is 0.312. The topological polar surface area (TPSA) is 76.5 Å². The van der Waals surface area contributed by atoms with Crippen LogP contribution in [0, 0.1) is 5.92 Å². The molecule has 1 aromatic carbocycles. The molecule has 1 aromatic heterocycles. The van der Waals surface area contributed by atoms with Crippen molar-refractivity contribution in [3.63, 3.8) is 0 Å². The molecule has 1 fully saturated rings. The van der Waals surface area contributed by atoms with E-state index in [1.807, 2.05) is 18.2 Å². The third-order valence-electron chi connectivity index (χ3n) is 3.84. The van der Waals surface area contributed by atoms with Gasteiger partial charge in [-0.1, -0.05) is 12.1 Å². The first kappa shape index (κ1) is 15.1. The number of carbonyl (C=O) groups is 2. The van der Waals surface area contributed by atoms with Crippen molar-refractivity contribution >= 4 is 23.2 Å². The molecule has 3 rings (SSSR count). The number of ether oxygens (including phenoxy) is 1. The van der Waals surface area contributed by atoms with Gasteiger partial charge < -0.3 is 15.0 Å². The van der Waals surface area contributed by atoms with E-state index in [1.165, 1.54) is 0 Å². The summed E-state index contributed by atoms with van der Waals surface area (Å²) in [7, 11) is 3.34. The summed E-state index contributed by atoms with van der Waals surface area (Å²) in [5, 5.41) is 6.80. The molecule has 7 nitrogen and oxygen atoms in total.